The lowest BCUT2D eigenvalue weighted by Gasteiger charge is -2.14. The van der Waals surface area contributed by atoms with Crippen molar-refractivity contribution >= 4 is 17.2 Å². The summed E-state index contributed by atoms with van der Waals surface area (Å²) in [5.41, 5.74) is 6.62. The van der Waals surface area contributed by atoms with E-state index in [1.54, 1.807) is 6.20 Å². The van der Waals surface area contributed by atoms with Gasteiger partial charge in [0, 0.05) is 18.7 Å². The molecule has 2 aromatic rings. The zero-order valence-electron chi connectivity index (χ0n) is 12.5. The first kappa shape index (κ1) is 14.5. The number of hydrogen-bond donors (Lipinski definition) is 1. The summed E-state index contributed by atoms with van der Waals surface area (Å²) in [6.07, 6.45) is 2.64. The summed E-state index contributed by atoms with van der Waals surface area (Å²) in [4.78, 5) is 19.5. The summed E-state index contributed by atoms with van der Waals surface area (Å²) in [5, 5.41) is 0.807. The number of nitrogens with zero attached hydrogens (tertiary/aromatic N) is 2. The van der Waals surface area contributed by atoms with Gasteiger partial charge in [0.2, 0.25) is 6.79 Å². The van der Waals surface area contributed by atoms with Crippen LogP contribution in [-0.2, 0) is 0 Å². The Labute approximate surface area is 137 Å². The lowest BCUT2D eigenvalue weighted by atomic mass is 10.1. The molecule has 2 aliphatic rings. The van der Waals surface area contributed by atoms with E-state index in [0.29, 0.717) is 17.3 Å². The predicted molar refractivity (Wildman–Crippen MR) is 86.7 cm³/mol. The molecule has 1 saturated heterocycles. The van der Waals surface area contributed by atoms with Crippen molar-refractivity contribution in [3.63, 3.8) is 0 Å². The van der Waals surface area contributed by atoms with Gasteiger partial charge in [-0.3, -0.25) is 4.79 Å². The van der Waals surface area contributed by atoms with E-state index in [1.807, 2.05) is 23.1 Å². The van der Waals surface area contributed by atoms with E-state index in [9.17, 15) is 4.79 Å². The first-order valence-electron chi connectivity index (χ1n) is 7.60. The largest absolute Gasteiger partial charge is 0.454 e. The molecule has 1 unspecified atom stereocenters. The van der Waals surface area contributed by atoms with Crippen molar-refractivity contribution in [3.8, 4) is 22.1 Å². The number of hydrogen-bond acceptors (Lipinski definition) is 6. The van der Waals surface area contributed by atoms with Crippen molar-refractivity contribution < 1.29 is 14.3 Å². The lowest BCUT2D eigenvalue weighted by Crippen LogP contribution is -2.29. The zero-order chi connectivity index (χ0) is 15.8. The number of carbonyl (C=O) groups excluding carboxylic acids is 1. The molecule has 1 atom stereocenters. The maximum atomic E-state index is 12.6. The van der Waals surface area contributed by atoms with Crippen LogP contribution in [0.25, 0.3) is 10.6 Å². The number of nitrogens with two attached hydrogens (primary N) is 1. The topological polar surface area (TPSA) is 77.7 Å². The van der Waals surface area contributed by atoms with Crippen LogP contribution in [0.4, 0.5) is 0 Å². The van der Waals surface area contributed by atoms with E-state index >= 15 is 0 Å². The first-order chi connectivity index (χ1) is 11.2. The summed E-state index contributed by atoms with van der Waals surface area (Å²) in [6.45, 7) is 2.40. The van der Waals surface area contributed by atoms with Gasteiger partial charge in [-0.2, -0.15) is 0 Å². The normalized spacial score (nSPS) is 19.3. The Morgan fingerprint density at radius 2 is 2.26 bits per heavy atom. The number of rotatable bonds is 3. The molecule has 0 spiro atoms. The van der Waals surface area contributed by atoms with Crippen LogP contribution in [0.5, 0.6) is 11.5 Å². The highest BCUT2D eigenvalue weighted by Gasteiger charge is 2.27. The van der Waals surface area contributed by atoms with Gasteiger partial charge in [-0.25, -0.2) is 4.98 Å². The van der Waals surface area contributed by atoms with E-state index < -0.39 is 0 Å². The van der Waals surface area contributed by atoms with Crippen LogP contribution in [0, 0.1) is 5.92 Å². The van der Waals surface area contributed by atoms with Crippen molar-refractivity contribution in [2.45, 2.75) is 6.42 Å². The van der Waals surface area contributed by atoms with Gasteiger partial charge in [0.25, 0.3) is 5.91 Å². The molecule has 0 saturated carbocycles. The Balaban J connectivity index is 1.54. The minimum absolute atomic E-state index is 0.0467. The highest BCUT2D eigenvalue weighted by molar-refractivity contribution is 7.16. The Kier molecular flexibility index (Phi) is 3.66. The average Bonchev–Trinajstić information content (AvgIpc) is 3.32. The van der Waals surface area contributed by atoms with Gasteiger partial charge in [-0.05, 0) is 37.1 Å². The standard InChI is InChI=1S/C16H17N3O3S/c17-6-10-3-4-19(8-10)16(20)14-7-18-15(23-14)11-1-2-12-13(5-11)22-9-21-12/h1-2,5,7,10H,3-4,6,8-9,17H2. The van der Waals surface area contributed by atoms with Crippen LogP contribution in [0.3, 0.4) is 0 Å². The van der Waals surface area contributed by atoms with Crippen molar-refractivity contribution in [1.82, 2.24) is 9.88 Å². The fourth-order valence-electron chi connectivity index (χ4n) is 2.90. The lowest BCUT2D eigenvalue weighted by molar-refractivity contribution is 0.0792. The van der Waals surface area contributed by atoms with Gasteiger partial charge in [0.1, 0.15) is 9.88 Å². The first-order valence-corrected chi connectivity index (χ1v) is 8.41. The van der Waals surface area contributed by atoms with Crippen molar-refractivity contribution in [3.05, 3.63) is 29.3 Å². The van der Waals surface area contributed by atoms with Gasteiger partial charge < -0.3 is 20.1 Å². The smallest absolute Gasteiger partial charge is 0.265 e. The molecule has 1 amide bonds. The van der Waals surface area contributed by atoms with Crippen LogP contribution in [0.1, 0.15) is 16.1 Å². The fourth-order valence-corrected chi connectivity index (χ4v) is 3.78. The molecule has 23 heavy (non-hydrogen) atoms. The average molecular weight is 331 g/mol. The number of benzene rings is 1. The highest BCUT2D eigenvalue weighted by Crippen LogP contribution is 2.37. The number of fused-ring (bicyclic) bond motifs is 1. The number of carbonyl (C=O) groups is 1. The molecule has 1 aromatic heterocycles. The SMILES string of the molecule is NCC1CCN(C(=O)c2cnc(-c3ccc4c(c3)OCO4)s2)C1. The molecule has 4 rings (SSSR count). The van der Waals surface area contributed by atoms with E-state index in [-0.39, 0.29) is 12.7 Å². The van der Waals surface area contributed by atoms with Gasteiger partial charge in [-0.1, -0.05) is 0 Å². The van der Waals surface area contributed by atoms with Crippen LogP contribution in [-0.4, -0.2) is 42.2 Å². The number of aromatic nitrogens is 1. The van der Waals surface area contributed by atoms with Gasteiger partial charge in [0.05, 0.1) is 6.20 Å². The predicted octanol–water partition coefficient (Wildman–Crippen LogP) is 1.96. The molecule has 6 nitrogen and oxygen atoms in total. The molecular weight excluding hydrogens is 314 g/mol. The minimum atomic E-state index is 0.0467. The molecule has 0 radical (unpaired) electrons. The molecule has 0 aliphatic carbocycles. The molecule has 1 aromatic carbocycles. The number of thiazole rings is 1. The fraction of sp³-hybridized carbons (Fsp3) is 0.375. The van der Waals surface area contributed by atoms with E-state index in [1.165, 1.54) is 11.3 Å². The monoisotopic (exact) mass is 331 g/mol. The maximum Gasteiger partial charge on any atom is 0.265 e. The quantitative estimate of drug-likeness (QED) is 0.930. The summed E-state index contributed by atoms with van der Waals surface area (Å²) >= 11 is 1.41. The second-order valence-electron chi connectivity index (χ2n) is 5.74. The third-order valence-electron chi connectivity index (χ3n) is 4.24. The van der Waals surface area contributed by atoms with Gasteiger partial charge >= 0.3 is 0 Å². The van der Waals surface area contributed by atoms with E-state index in [0.717, 1.165) is 41.6 Å². The van der Waals surface area contributed by atoms with Crippen LogP contribution in [0.15, 0.2) is 24.4 Å². The Morgan fingerprint density at radius 1 is 1.39 bits per heavy atom. The third-order valence-corrected chi connectivity index (χ3v) is 5.28. The van der Waals surface area contributed by atoms with E-state index in [2.05, 4.69) is 4.98 Å². The highest BCUT2D eigenvalue weighted by atomic mass is 32.1. The van der Waals surface area contributed by atoms with Crippen molar-refractivity contribution in [1.29, 1.82) is 0 Å². The summed E-state index contributed by atoms with van der Waals surface area (Å²) in [7, 11) is 0. The Bertz CT molecular complexity index is 746. The van der Waals surface area contributed by atoms with Crippen LogP contribution >= 0.6 is 11.3 Å². The van der Waals surface area contributed by atoms with Crippen molar-refractivity contribution in [2.75, 3.05) is 26.4 Å². The molecule has 0 bridgehead atoms. The maximum absolute atomic E-state index is 12.6. The second kappa shape index (κ2) is 5.82. The molecule has 2 N–H and O–H groups in total. The second-order valence-corrected chi connectivity index (χ2v) is 6.77. The molecule has 3 heterocycles. The van der Waals surface area contributed by atoms with Gasteiger partial charge in [0.15, 0.2) is 11.5 Å². The number of amides is 1. The molecule has 120 valence electrons. The van der Waals surface area contributed by atoms with Crippen LogP contribution < -0.4 is 15.2 Å². The molecular formula is C16H17N3O3S. The summed E-state index contributed by atoms with van der Waals surface area (Å²) in [6, 6.07) is 5.70. The molecule has 7 heteroatoms. The minimum Gasteiger partial charge on any atom is -0.454 e. The molecule has 2 aliphatic heterocycles. The number of likely N-dealkylation sites (tertiary alicyclic amines) is 1. The zero-order valence-corrected chi connectivity index (χ0v) is 13.3. The van der Waals surface area contributed by atoms with Crippen LogP contribution in [0.2, 0.25) is 0 Å². The Morgan fingerprint density at radius 3 is 3.09 bits per heavy atom. The molecule has 1 fully saturated rings. The summed E-state index contributed by atoms with van der Waals surface area (Å²) in [5.74, 6) is 1.92. The van der Waals surface area contributed by atoms with E-state index in [4.69, 9.17) is 15.2 Å². The van der Waals surface area contributed by atoms with Gasteiger partial charge in [-0.15, -0.1) is 11.3 Å². The third kappa shape index (κ3) is 2.66. The summed E-state index contributed by atoms with van der Waals surface area (Å²) < 4.78 is 10.7. The number of ether oxygens (including phenoxy) is 2. The Hall–Kier alpha value is -2.12. The van der Waals surface area contributed by atoms with Crippen molar-refractivity contribution in [2.24, 2.45) is 11.7 Å².